The van der Waals surface area contributed by atoms with Crippen molar-refractivity contribution >= 4 is 22.3 Å². The summed E-state index contributed by atoms with van der Waals surface area (Å²) in [6.45, 7) is 0. The number of halogens is 1. The van der Waals surface area contributed by atoms with Gasteiger partial charge in [0.05, 0.1) is 0 Å². The highest BCUT2D eigenvalue weighted by atomic mass is 35.5. The van der Waals surface area contributed by atoms with E-state index in [1.54, 1.807) is 12.1 Å². The zero-order valence-corrected chi connectivity index (χ0v) is 9.22. The van der Waals surface area contributed by atoms with Gasteiger partial charge < -0.3 is 10.9 Å². The van der Waals surface area contributed by atoms with Crippen LogP contribution in [0.25, 0.3) is 4.90 Å². The summed E-state index contributed by atoms with van der Waals surface area (Å²) in [6, 6.07) is 6.86. The fourth-order valence-electron chi connectivity index (χ4n) is 1.11. The molecule has 0 fully saturated rings. The topological polar surface area (TPSA) is 82.8 Å². The quantitative estimate of drug-likeness (QED) is 0.458. The van der Waals surface area contributed by atoms with E-state index in [2.05, 4.69) is 9.59 Å². The lowest BCUT2D eigenvalue weighted by Gasteiger charge is -1.99. The molecule has 2 aromatic rings. The Morgan fingerprint density at radius 2 is 2.00 bits per heavy atom. The zero-order chi connectivity index (χ0) is 10.8. The number of benzene rings is 1. The van der Waals surface area contributed by atoms with Gasteiger partial charge in [-0.15, -0.1) is 0 Å². The van der Waals surface area contributed by atoms with E-state index in [0.29, 0.717) is 5.15 Å². The molecule has 2 rings (SSSR count). The maximum absolute atomic E-state index is 9.15. The van der Waals surface area contributed by atoms with Crippen LogP contribution in [0.5, 0.6) is 5.75 Å². The number of hydrogen-bond acceptors (Lipinski definition) is 2. The summed E-state index contributed by atoms with van der Waals surface area (Å²) in [7, 11) is -0.393. The number of aromatic amines is 2. The molecule has 0 bridgehead atoms. The van der Waals surface area contributed by atoms with Crippen LogP contribution in [0.4, 0.5) is 0 Å². The van der Waals surface area contributed by atoms with E-state index < -0.39 is 10.7 Å². The van der Waals surface area contributed by atoms with Gasteiger partial charge in [0.15, 0.2) is 5.15 Å². The maximum atomic E-state index is 9.15. The summed E-state index contributed by atoms with van der Waals surface area (Å²) in [5, 5.41) is 14.1. The predicted molar refractivity (Wildman–Crippen MR) is 61.4 cm³/mol. The number of nitrogen functional groups attached to an aromatic ring is 1. The lowest BCUT2D eigenvalue weighted by Crippen LogP contribution is -2.16. The Kier molecular flexibility index (Phi) is 2.61. The molecule has 1 unspecified atom stereocenters. The van der Waals surface area contributed by atoms with Gasteiger partial charge in [0, 0.05) is 12.1 Å². The van der Waals surface area contributed by atoms with Crippen molar-refractivity contribution in [3.8, 4) is 10.6 Å². The number of nitrogens with two attached hydrogens (primary N) is 1. The van der Waals surface area contributed by atoms with Crippen molar-refractivity contribution in [2.45, 2.75) is 0 Å². The van der Waals surface area contributed by atoms with Crippen LogP contribution in [-0.2, 0) is 0 Å². The molecule has 0 aliphatic heterocycles. The van der Waals surface area contributed by atoms with Gasteiger partial charge in [0.1, 0.15) is 16.4 Å². The Balaban J connectivity index is 2.49. The minimum Gasteiger partial charge on any atom is -0.508 e. The molecule has 1 heterocycles. The average molecular weight is 246 g/mol. The number of phenolic OH excluding ortho intramolecular Hbond substituents is 1. The fraction of sp³-hybridized carbons (Fsp3) is 0. The van der Waals surface area contributed by atoms with Crippen molar-refractivity contribution in [3.63, 3.8) is 0 Å². The van der Waals surface area contributed by atoms with E-state index in [1.807, 2.05) is 17.5 Å². The van der Waals surface area contributed by atoms with E-state index in [-0.39, 0.29) is 5.75 Å². The predicted octanol–water partition coefficient (Wildman–Crippen LogP) is 2.08. The largest absolute Gasteiger partial charge is 0.508 e. The maximum Gasteiger partial charge on any atom is 0.204 e. The molecule has 5 N–H and O–H groups in total. The first kappa shape index (κ1) is 10.0. The number of aromatic hydroxyl groups is 1. The molecule has 7 heteroatoms. The van der Waals surface area contributed by atoms with Crippen LogP contribution in [0.2, 0.25) is 5.15 Å². The van der Waals surface area contributed by atoms with Gasteiger partial charge in [0.25, 0.3) is 0 Å². The Morgan fingerprint density at radius 3 is 2.60 bits per heavy atom. The number of aromatic nitrogens is 3. The average Bonchev–Trinajstić information content (AvgIpc) is 2.17. The van der Waals surface area contributed by atoms with E-state index >= 15 is 0 Å². The van der Waals surface area contributed by atoms with Crippen LogP contribution in [-0.4, -0.2) is 19.6 Å². The molecule has 1 aromatic heterocycles. The van der Waals surface area contributed by atoms with Gasteiger partial charge in [0.2, 0.25) is 10.3 Å². The van der Waals surface area contributed by atoms with Crippen LogP contribution in [0, 0.1) is 0 Å². The lowest BCUT2D eigenvalue weighted by molar-refractivity contribution is 0.475. The lowest BCUT2D eigenvalue weighted by atomic mass is 10.3. The monoisotopic (exact) mass is 245 g/mol. The molecule has 0 aliphatic carbocycles. The first-order valence-corrected chi connectivity index (χ1v) is 5.79. The summed E-state index contributed by atoms with van der Waals surface area (Å²) in [5.41, 5.74) is 0. The molecule has 5 nitrogen and oxygen atoms in total. The third-order valence-corrected chi connectivity index (χ3v) is 3.70. The molecule has 80 valence electrons. The van der Waals surface area contributed by atoms with Gasteiger partial charge >= 0.3 is 0 Å². The van der Waals surface area contributed by atoms with Crippen molar-refractivity contribution in [3.05, 3.63) is 34.8 Å². The second-order valence-electron chi connectivity index (χ2n) is 2.87. The highest BCUT2D eigenvalue weighted by Gasteiger charge is 2.10. The van der Waals surface area contributed by atoms with Crippen molar-refractivity contribution < 1.29 is 5.11 Å². The summed E-state index contributed by atoms with van der Waals surface area (Å²) in [4.78, 5) is 2.20. The molecule has 1 aromatic carbocycles. The number of nitrogens with one attached hydrogen (secondary N) is 2. The molecular formula is C8H10ClN4OS+. The fourth-order valence-corrected chi connectivity index (χ4v) is 2.71. The summed E-state index contributed by atoms with van der Waals surface area (Å²) in [5.74, 6) is 5.76. The van der Waals surface area contributed by atoms with Crippen LogP contribution in [0.15, 0.2) is 29.6 Å². The van der Waals surface area contributed by atoms with Gasteiger partial charge in [-0.1, -0.05) is 21.0 Å². The standard InChI is InChI=1S/C8H9ClN4OS/c9-8-5-15(12-13(10)11-8)7-3-1-6(14)2-4-7/h1-5,11-12H,10H2/p+1. The van der Waals surface area contributed by atoms with Gasteiger partial charge in [-0.2, -0.15) is 0 Å². The van der Waals surface area contributed by atoms with Crippen LogP contribution >= 0.6 is 22.3 Å². The van der Waals surface area contributed by atoms with Crippen molar-refractivity contribution in [2.75, 3.05) is 5.84 Å². The normalized spacial score (nSPS) is 11.4. The molecule has 0 spiro atoms. The Labute approximate surface area is 93.5 Å². The molecule has 0 amide bonds. The van der Waals surface area contributed by atoms with Crippen molar-refractivity contribution in [1.29, 1.82) is 0 Å². The molecular weight excluding hydrogens is 236 g/mol. The second-order valence-corrected chi connectivity index (χ2v) is 4.84. The molecule has 0 saturated heterocycles. The summed E-state index contributed by atoms with van der Waals surface area (Å²) in [6.07, 6.45) is 0. The van der Waals surface area contributed by atoms with E-state index in [4.69, 9.17) is 22.6 Å². The number of phenols is 1. The third kappa shape index (κ3) is 2.28. The van der Waals surface area contributed by atoms with Crippen LogP contribution in [0.1, 0.15) is 0 Å². The summed E-state index contributed by atoms with van der Waals surface area (Å²) >= 11 is 5.83. The Morgan fingerprint density at radius 1 is 1.33 bits per heavy atom. The molecule has 0 radical (unpaired) electrons. The molecule has 0 aliphatic rings. The Bertz CT molecular complexity index is 470. The van der Waals surface area contributed by atoms with Gasteiger partial charge in [-0.3, -0.25) is 0 Å². The third-order valence-electron chi connectivity index (χ3n) is 1.74. The van der Waals surface area contributed by atoms with Crippen LogP contribution in [0.3, 0.4) is 0 Å². The minimum atomic E-state index is -0.393. The first-order chi connectivity index (χ1) is 7.15. The highest BCUT2D eigenvalue weighted by Crippen LogP contribution is 2.28. The van der Waals surface area contributed by atoms with Crippen molar-refractivity contribution in [1.82, 2.24) is 14.5 Å². The van der Waals surface area contributed by atoms with E-state index in [9.17, 15) is 0 Å². The van der Waals surface area contributed by atoms with E-state index in [0.717, 1.165) is 4.90 Å². The van der Waals surface area contributed by atoms with E-state index in [1.165, 1.54) is 4.91 Å². The molecule has 15 heavy (non-hydrogen) atoms. The van der Waals surface area contributed by atoms with Gasteiger partial charge in [-0.25, -0.2) is 5.10 Å². The first-order valence-electron chi connectivity index (χ1n) is 4.12. The molecule has 0 saturated carbocycles. The molecule has 1 atom stereocenters. The second kappa shape index (κ2) is 3.92. The number of hydrogen-bond donors (Lipinski definition) is 4. The van der Waals surface area contributed by atoms with Crippen molar-refractivity contribution in [2.24, 2.45) is 0 Å². The minimum absolute atomic E-state index is 0.233. The smallest absolute Gasteiger partial charge is 0.204 e. The highest BCUT2D eigenvalue weighted by molar-refractivity contribution is 7.33. The zero-order valence-electron chi connectivity index (χ0n) is 7.64. The number of H-pyrrole nitrogens is 2. The number of nitrogens with zero attached hydrogens (tertiary/aromatic N) is 1. The Hall–Kier alpha value is -1.53. The SMILES string of the molecule is Nn1[nH]c(Cl)c[s+](-c2ccc(O)cc2)[nH]1. The van der Waals surface area contributed by atoms with Gasteiger partial charge in [-0.05, 0) is 12.1 Å². The number of rotatable bonds is 1. The summed E-state index contributed by atoms with van der Waals surface area (Å²) < 4.78 is 2.97. The van der Waals surface area contributed by atoms with Crippen LogP contribution < -0.4 is 5.84 Å².